The number of ether oxygens (including phenoxy) is 4. The summed E-state index contributed by atoms with van der Waals surface area (Å²) in [5, 5.41) is 0. The van der Waals surface area contributed by atoms with Crippen LogP contribution in [-0.4, -0.2) is 36.1 Å². The minimum atomic E-state index is -1.91. The third-order valence-electron chi connectivity index (χ3n) is 7.43. The number of hydrogen-bond acceptors (Lipinski definition) is 8. The van der Waals surface area contributed by atoms with Crippen molar-refractivity contribution < 1.29 is 38.1 Å². The van der Waals surface area contributed by atoms with E-state index in [-0.39, 0.29) is 13.2 Å². The minimum Gasteiger partial charge on any atom is -0.458 e. The third-order valence-corrected chi connectivity index (χ3v) is 7.43. The summed E-state index contributed by atoms with van der Waals surface area (Å²) in [6.45, 7) is 3.00. The Hall–Kier alpha value is -4.72. The molecule has 0 spiro atoms. The zero-order valence-corrected chi connectivity index (χ0v) is 25.1. The molecule has 0 amide bonds. The van der Waals surface area contributed by atoms with Crippen LogP contribution in [0.15, 0.2) is 108 Å². The van der Waals surface area contributed by atoms with Crippen LogP contribution in [0, 0.1) is 11.8 Å². The van der Waals surface area contributed by atoms with Gasteiger partial charge in [0.05, 0.1) is 11.8 Å². The van der Waals surface area contributed by atoms with E-state index in [2.05, 4.69) is 0 Å². The average Bonchev–Trinajstić information content (AvgIpc) is 3.08. The van der Waals surface area contributed by atoms with Crippen LogP contribution >= 0.6 is 0 Å². The Balaban J connectivity index is 1.61. The molecule has 8 nitrogen and oxygen atoms in total. The summed E-state index contributed by atoms with van der Waals surface area (Å²) in [4.78, 5) is 53.9. The first-order valence-corrected chi connectivity index (χ1v) is 14.9. The monoisotopic (exact) mass is 598 g/mol. The molecule has 0 saturated heterocycles. The highest BCUT2D eigenvalue weighted by Gasteiger charge is 2.44. The Morgan fingerprint density at radius 1 is 0.568 bits per heavy atom. The zero-order valence-electron chi connectivity index (χ0n) is 25.1. The van der Waals surface area contributed by atoms with Gasteiger partial charge in [0, 0.05) is 0 Å². The predicted octanol–water partition coefficient (Wildman–Crippen LogP) is 6.12. The highest BCUT2D eigenvalue weighted by molar-refractivity contribution is 5.90. The zero-order chi connectivity index (χ0) is 31.3. The first-order valence-electron chi connectivity index (χ1n) is 14.9. The van der Waals surface area contributed by atoms with E-state index in [4.69, 9.17) is 18.9 Å². The Labute approximate surface area is 258 Å². The lowest BCUT2D eigenvalue weighted by Crippen LogP contribution is -2.48. The van der Waals surface area contributed by atoms with Gasteiger partial charge < -0.3 is 18.9 Å². The molecule has 0 N–H and O–H groups in total. The van der Waals surface area contributed by atoms with Crippen molar-refractivity contribution in [2.45, 2.75) is 65.0 Å². The van der Waals surface area contributed by atoms with Crippen molar-refractivity contribution in [3.8, 4) is 0 Å². The smallest absolute Gasteiger partial charge is 0.352 e. The number of carbonyl (C=O) groups excluding carboxylic acids is 4. The highest BCUT2D eigenvalue weighted by atomic mass is 16.6. The van der Waals surface area contributed by atoms with Gasteiger partial charge >= 0.3 is 23.9 Å². The van der Waals surface area contributed by atoms with Gasteiger partial charge in [0.15, 0.2) is 0 Å². The topological polar surface area (TPSA) is 105 Å². The van der Waals surface area contributed by atoms with Crippen LogP contribution in [0.2, 0.25) is 0 Å². The second-order valence-corrected chi connectivity index (χ2v) is 10.7. The van der Waals surface area contributed by atoms with Gasteiger partial charge in [0.1, 0.15) is 13.2 Å². The summed E-state index contributed by atoms with van der Waals surface area (Å²) in [5.41, 5.74) is 2.81. The molecule has 2 aliphatic rings. The molecule has 0 aliphatic heterocycles. The van der Waals surface area contributed by atoms with Gasteiger partial charge in [-0.25, -0.2) is 9.59 Å². The number of rotatable bonds is 13. The van der Waals surface area contributed by atoms with Gasteiger partial charge in [-0.15, -0.1) is 0 Å². The fourth-order valence-corrected chi connectivity index (χ4v) is 4.72. The van der Waals surface area contributed by atoms with Gasteiger partial charge in [-0.1, -0.05) is 97.1 Å². The SMILES string of the molecule is CC(C(=O)OC(C(=O)OCc1ccccc1)C(OC(=O)C(C)C1=CCCC=C1)C(=O)OCc1ccccc1)C1=CCCC=C1. The number of benzene rings is 2. The quantitative estimate of drug-likeness (QED) is 0.201. The van der Waals surface area contributed by atoms with E-state index in [0.717, 1.165) is 36.8 Å². The molecule has 0 fully saturated rings. The van der Waals surface area contributed by atoms with Crippen LogP contribution in [0.3, 0.4) is 0 Å². The minimum absolute atomic E-state index is 0.148. The number of carbonyl (C=O) groups is 4. The average molecular weight is 599 g/mol. The van der Waals surface area contributed by atoms with Crippen molar-refractivity contribution in [1.82, 2.24) is 0 Å². The summed E-state index contributed by atoms with van der Waals surface area (Å²) in [6.07, 6.45) is 10.8. The van der Waals surface area contributed by atoms with E-state index in [9.17, 15) is 19.2 Å². The van der Waals surface area contributed by atoms with Gasteiger partial charge in [-0.2, -0.15) is 0 Å². The summed E-state index contributed by atoms with van der Waals surface area (Å²) >= 11 is 0. The Morgan fingerprint density at radius 2 is 0.955 bits per heavy atom. The van der Waals surface area contributed by atoms with Crippen LogP contribution < -0.4 is 0 Å². The van der Waals surface area contributed by atoms with Gasteiger partial charge in [-0.3, -0.25) is 9.59 Å². The van der Waals surface area contributed by atoms with Crippen molar-refractivity contribution in [3.63, 3.8) is 0 Å². The second-order valence-electron chi connectivity index (χ2n) is 10.7. The maximum absolute atomic E-state index is 13.6. The van der Waals surface area contributed by atoms with E-state index in [1.165, 1.54) is 0 Å². The van der Waals surface area contributed by atoms with Crippen LogP contribution in [0.1, 0.15) is 50.7 Å². The van der Waals surface area contributed by atoms with E-state index >= 15 is 0 Å². The molecule has 8 heteroatoms. The Kier molecular flexibility index (Phi) is 11.9. The summed E-state index contributed by atoms with van der Waals surface area (Å²) in [5.74, 6) is -5.11. The number of esters is 4. The van der Waals surface area contributed by atoms with Gasteiger partial charge in [0.2, 0.25) is 12.2 Å². The summed E-state index contributed by atoms with van der Waals surface area (Å²) in [7, 11) is 0. The van der Waals surface area contributed by atoms with Gasteiger partial charge in [-0.05, 0) is 61.8 Å². The first kappa shape index (κ1) is 32.2. The molecule has 4 unspecified atom stereocenters. The first-order chi connectivity index (χ1) is 21.3. The molecular weight excluding hydrogens is 560 g/mol. The van der Waals surface area contributed by atoms with Crippen LogP contribution in [-0.2, 0) is 51.3 Å². The standard InChI is InChI=1S/C36H38O8/c1-25(29-19-11-5-12-20-29)33(37)43-31(35(39)41-23-27-15-7-3-8-16-27)32(36(40)42-24-28-17-9-4-10-18-28)44-34(38)26(2)30-21-13-6-14-22-30/h3-4,7-11,13,15-22,25-26,31-32H,5-6,12,14,23-24H2,1-2H3. The van der Waals surface area contributed by atoms with E-state index in [1.807, 2.05) is 48.6 Å². The molecule has 0 radical (unpaired) electrons. The molecule has 4 rings (SSSR count). The molecule has 4 atom stereocenters. The molecule has 0 bridgehead atoms. The molecule has 230 valence electrons. The molecular formula is C36H38O8. The highest BCUT2D eigenvalue weighted by Crippen LogP contribution is 2.24. The molecule has 0 aromatic heterocycles. The maximum atomic E-state index is 13.6. The molecule has 44 heavy (non-hydrogen) atoms. The predicted molar refractivity (Wildman–Crippen MR) is 163 cm³/mol. The van der Waals surface area contributed by atoms with E-state index < -0.39 is 47.9 Å². The fraction of sp³-hybridized carbons (Fsp3) is 0.333. The Bertz CT molecular complexity index is 1310. The molecule has 0 saturated carbocycles. The summed E-state index contributed by atoms with van der Waals surface area (Å²) in [6, 6.07) is 17.8. The van der Waals surface area contributed by atoms with E-state index in [1.54, 1.807) is 62.4 Å². The largest absolute Gasteiger partial charge is 0.458 e. The molecule has 2 aromatic rings. The lowest BCUT2D eigenvalue weighted by atomic mass is 9.95. The van der Waals surface area contributed by atoms with Crippen molar-refractivity contribution in [2.24, 2.45) is 11.8 Å². The van der Waals surface area contributed by atoms with Crippen molar-refractivity contribution >= 4 is 23.9 Å². The Morgan fingerprint density at radius 3 is 1.30 bits per heavy atom. The maximum Gasteiger partial charge on any atom is 0.352 e. The number of hydrogen-bond donors (Lipinski definition) is 0. The lowest BCUT2D eigenvalue weighted by Gasteiger charge is -2.27. The summed E-state index contributed by atoms with van der Waals surface area (Å²) < 4.78 is 22.4. The van der Waals surface area contributed by atoms with Crippen LogP contribution in [0.4, 0.5) is 0 Å². The second kappa shape index (κ2) is 16.2. The fourth-order valence-electron chi connectivity index (χ4n) is 4.72. The van der Waals surface area contributed by atoms with Crippen LogP contribution in [0.5, 0.6) is 0 Å². The lowest BCUT2D eigenvalue weighted by molar-refractivity contribution is -0.194. The van der Waals surface area contributed by atoms with Crippen LogP contribution in [0.25, 0.3) is 0 Å². The number of allylic oxidation sites excluding steroid dienone is 6. The molecule has 2 aromatic carbocycles. The normalized spacial score (nSPS) is 16.8. The van der Waals surface area contributed by atoms with Crippen molar-refractivity contribution in [1.29, 1.82) is 0 Å². The third kappa shape index (κ3) is 9.14. The molecule has 2 aliphatic carbocycles. The van der Waals surface area contributed by atoms with Crippen molar-refractivity contribution in [2.75, 3.05) is 0 Å². The van der Waals surface area contributed by atoms with E-state index in [0.29, 0.717) is 11.1 Å². The van der Waals surface area contributed by atoms with Crippen molar-refractivity contribution in [3.05, 3.63) is 119 Å². The van der Waals surface area contributed by atoms with Gasteiger partial charge in [0.25, 0.3) is 0 Å². The molecule has 0 heterocycles.